The maximum Gasteiger partial charge on any atom is 0.335 e. The van der Waals surface area contributed by atoms with Gasteiger partial charge in [-0.15, -0.1) is 0 Å². The maximum atomic E-state index is 11.9. The molecule has 2 rings (SSSR count). The molecule has 0 heterocycles. The Morgan fingerprint density at radius 2 is 1.69 bits per heavy atom. The number of hydrogen-bond donors (Lipinski definition) is 3. The number of methoxy groups -OCH3 is 1. The molecule has 0 fully saturated rings. The first-order valence-electron chi connectivity index (χ1n) is 8.13. The Hall–Kier alpha value is -3.22. The van der Waals surface area contributed by atoms with E-state index in [4.69, 9.17) is 14.6 Å². The second kappa shape index (κ2) is 9.31. The van der Waals surface area contributed by atoms with Crippen molar-refractivity contribution in [1.82, 2.24) is 10.6 Å². The lowest BCUT2D eigenvalue weighted by Crippen LogP contribution is -2.40. The van der Waals surface area contributed by atoms with Crippen LogP contribution in [0.4, 0.5) is 4.79 Å². The van der Waals surface area contributed by atoms with E-state index in [9.17, 15) is 9.59 Å². The first-order chi connectivity index (χ1) is 12.5. The summed E-state index contributed by atoms with van der Waals surface area (Å²) in [5, 5.41) is 14.3. The topological polar surface area (TPSA) is 96.9 Å². The Morgan fingerprint density at radius 3 is 2.31 bits per heavy atom. The maximum absolute atomic E-state index is 11.9. The number of carboxylic acid groups (broad SMARTS) is 1. The summed E-state index contributed by atoms with van der Waals surface area (Å²) in [4.78, 5) is 22.7. The number of aromatic carboxylic acids is 1. The number of urea groups is 1. The van der Waals surface area contributed by atoms with Crippen LogP contribution in [0.25, 0.3) is 0 Å². The van der Waals surface area contributed by atoms with E-state index in [1.165, 1.54) is 12.1 Å². The van der Waals surface area contributed by atoms with Crippen molar-refractivity contribution in [2.45, 2.75) is 19.6 Å². The van der Waals surface area contributed by atoms with Crippen LogP contribution in [0.3, 0.4) is 0 Å². The first kappa shape index (κ1) is 19.1. The molecule has 7 nitrogen and oxygen atoms in total. The molecule has 1 atom stereocenters. The first-order valence-corrected chi connectivity index (χ1v) is 8.13. The van der Waals surface area contributed by atoms with Gasteiger partial charge in [-0.3, -0.25) is 0 Å². The summed E-state index contributed by atoms with van der Waals surface area (Å²) in [7, 11) is 1.57. The molecule has 2 aromatic rings. The van der Waals surface area contributed by atoms with Gasteiger partial charge in [-0.25, -0.2) is 9.59 Å². The van der Waals surface area contributed by atoms with Gasteiger partial charge in [0.15, 0.2) is 11.5 Å². The number of carboxylic acids is 1. The van der Waals surface area contributed by atoms with Crippen LogP contribution in [-0.4, -0.2) is 36.9 Å². The number of para-hydroxylation sites is 2. The molecular weight excluding hydrogens is 336 g/mol. The molecule has 0 saturated heterocycles. The average molecular weight is 358 g/mol. The van der Waals surface area contributed by atoms with Crippen molar-refractivity contribution in [3.05, 3.63) is 59.7 Å². The highest BCUT2D eigenvalue weighted by molar-refractivity contribution is 5.87. The number of carbonyl (C=O) groups excluding carboxylic acids is 1. The van der Waals surface area contributed by atoms with Gasteiger partial charge in [0.05, 0.1) is 19.2 Å². The molecule has 26 heavy (non-hydrogen) atoms. The molecule has 0 radical (unpaired) electrons. The van der Waals surface area contributed by atoms with Crippen LogP contribution in [0.2, 0.25) is 0 Å². The predicted octanol–water partition coefficient (Wildman–Crippen LogP) is 2.66. The highest BCUT2D eigenvalue weighted by atomic mass is 16.5. The van der Waals surface area contributed by atoms with Gasteiger partial charge in [-0.2, -0.15) is 0 Å². The van der Waals surface area contributed by atoms with E-state index in [-0.39, 0.29) is 17.7 Å². The van der Waals surface area contributed by atoms with Crippen LogP contribution in [-0.2, 0) is 6.54 Å². The van der Waals surface area contributed by atoms with Gasteiger partial charge < -0.3 is 25.2 Å². The third-order valence-electron chi connectivity index (χ3n) is 3.60. The van der Waals surface area contributed by atoms with Gasteiger partial charge in [0, 0.05) is 6.54 Å². The van der Waals surface area contributed by atoms with Gasteiger partial charge in [0.25, 0.3) is 0 Å². The molecule has 0 aliphatic carbocycles. The van der Waals surface area contributed by atoms with Crippen LogP contribution in [0, 0.1) is 0 Å². The second-order valence-electron chi connectivity index (χ2n) is 5.64. The molecule has 3 N–H and O–H groups in total. The fourth-order valence-electron chi connectivity index (χ4n) is 2.22. The molecule has 0 aliphatic rings. The average Bonchev–Trinajstić information content (AvgIpc) is 2.65. The number of benzene rings is 2. The lowest BCUT2D eigenvalue weighted by Gasteiger charge is -2.17. The van der Waals surface area contributed by atoms with Crippen molar-refractivity contribution in [3.8, 4) is 11.5 Å². The Bertz CT molecular complexity index is 746. The van der Waals surface area contributed by atoms with E-state index in [2.05, 4.69) is 10.6 Å². The number of rotatable bonds is 8. The highest BCUT2D eigenvalue weighted by Crippen LogP contribution is 2.26. The number of amides is 2. The highest BCUT2D eigenvalue weighted by Gasteiger charge is 2.10. The van der Waals surface area contributed by atoms with Crippen molar-refractivity contribution in [1.29, 1.82) is 0 Å². The van der Waals surface area contributed by atoms with Gasteiger partial charge in [-0.1, -0.05) is 24.3 Å². The standard InChI is InChI=1S/C19H22N2O5/c1-13(26-17-6-4-3-5-16(17)25-2)11-20-19(24)21-12-14-7-9-15(10-8-14)18(22)23/h3-10,13H,11-12H2,1-2H3,(H,22,23)(H2,20,21,24). The summed E-state index contributed by atoms with van der Waals surface area (Å²) in [5.41, 5.74) is 1.02. The summed E-state index contributed by atoms with van der Waals surface area (Å²) in [6.45, 7) is 2.46. The molecule has 2 aromatic carbocycles. The lowest BCUT2D eigenvalue weighted by molar-refractivity contribution is 0.0697. The van der Waals surface area contributed by atoms with Crippen LogP contribution in [0.1, 0.15) is 22.8 Å². The molecule has 0 aromatic heterocycles. The molecular formula is C19H22N2O5. The van der Waals surface area contributed by atoms with Gasteiger partial charge in [-0.05, 0) is 36.8 Å². The molecule has 0 aliphatic heterocycles. The van der Waals surface area contributed by atoms with E-state index in [0.717, 1.165) is 5.56 Å². The van der Waals surface area contributed by atoms with Crippen molar-refractivity contribution >= 4 is 12.0 Å². The Kier molecular flexibility index (Phi) is 6.84. The number of carbonyl (C=O) groups is 2. The van der Waals surface area contributed by atoms with E-state index in [0.29, 0.717) is 24.6 Å². The van der Waals surface area contributed by atoms with E-state index in [1.807, 2.05) is 19.1 Å². The Morgan fingerprint density at radius 1 is 1.04 bits per heavy atom. The predicted molar refractivity (Wildman–Crippen MR) is 96.7 cm³/mol. The normalized spacial score (nSPS) is 11.3. The van der Waals surface area contributed by atoms with Crippen molar-refractivity contribution < 1.29 is 24.2 Å². The SMILES string of the molecule is COc1ccccc1OC(C)CNC(=O)NCc1ccc(C(=O)O)cc1. The molecule has 1 unspecified atom stereocenters. The number of ether oxygens (including phenoxy) is 2. The third-order valence-corrected chi connectivity index (χ3v) is 3.60. The van der Waals surface area contributed by atoms with E-state index in [1.54, 1.807) is 31.4 Å². The number of nitrogens with one attached hydrogen (secondary N) is 2. The molecule has 0 bridgehead atoms. The summed E-state index contributed by atoms with van der Waals surface area (Å²) in [5.74, 6) is 0.267. The Labute approximate surface area is 151 Å². The molecule has 0 spiro atoms. The minimum Gasteiger partial charge on any atom is -0.493 e. The second-order valence-corrected chi connectivity index (χ2v) is 5.64. The molecule has 2 amide bonds. The molecule has 138 valence electrons. The summed E-state index contributed by atoms with van der Waals surface area (Å²) >= 11 is 0. The fraction of sp³-hybridized carbons (Fsp3) is 0.263. The third kappa shape index (κ3) is 5.70. The van der Waals surface area contributed by atoms with Crippen molar-refractivity contribution in [3.63, 3.8) is 0 Å². The van der Waals surface area contributed by atoms with Crippen LogP contribution < -0.4 is 20.1 Å². The van der Waals surface area contributed by atoms with Gasteiger partial charge in [0.1, 0.15) is 6.10 Å². The number of hydrogen-bond acceptors (Lipinski definition) is 4. The zero-order valence-corrected chi connectivity index (χ0v) is 14.7. The van der Waals surface area contributed by atoms with Gasteiger partial charge in [0.2, 0.25) is 0 Å². The van der Waals surface area contributed by atoms with Crippen molar-refractivity contribution in [2.75, 3.05) is 13.7 Å². The van der Waals surface area contributed by atoms with E-state index < -0.39 is 5.97 Å². The van der Waals surface area contributed by atoms with Crippen LogP contribution in [0.15, 0.2) is 48.5 Å². The molecule has 0 saturated carbocycles. The van der Waals surface area contributed by atoms with Crippen molar-refractivity contribution in [2.24, 2.45) is 0 Å². The van der Waals surface area contributed by atoms with Crippen LogP contribution in [0.5, 0.6) is 11.5 Å². The lowest BCUT2D eigenvalue weighted by atomic mass is 10.1. The fourth-order valence-corrected chi connectivity index (χ4v) is 2.22. The van der Waals surface area contributed by atoms with Gasteiger partial charge >= 0.3 is 12.0 Å². The summed E-state index contributed by atoms with van der Waals surface area (Å²) in [6.07, 6.45) is -0.244. The smallest absolute Gasteiger partial charge is 0.335 e. The zero-order chi connectivity index (χ0) is 18.9. The quantitative estimate of drug-likeness (QED) is 0.674. The van der Waals surface area contributed by atoms with E-state index >= 15 is 0 Å². The van der Waals surface area contributed by atoms with Crippen LogP contribution >= 0.6 is 0 Å². The monoisotopic (exact) mass is 358 g/mol. The summed E-state index contributed by atoms with van der Waals surface area (Å²) in [6, 6.07) is 13.3. The summed E-state index contributed by atoms with van der Waals surface area (Å²) < 4.78 is 11.0. The minimum absolute atomic E-state index is 0.209. The minimum atomic E-state index is -0.980. The Balaban J connectivity index is 1.75. The zero-order valence-electron chi connectivity index (χ0n) is 14.7. The molecule has 7 heteroatoms. The largest absolute Gasteiger partial charge is 0.493 e.